The van der Waals surface area contributed by atoms with E-state index in [1.54, 1.807) is 24.5 Å². The number of hydrogen-bond donors (Lipinski definition) is 2. The van der Waals surface area contributed by atoms with E-state index >= 15 is 0 Å². The number of hydrazine groups is 1. The van der Waals surface area contributed by atoms with Gasteiger partial charge in [0, 0.05) is 18.1 Å². The summed E-state index contributed by atoms with van der Waals surface area (Å²) in [4.78, 5) is 11.0. The number of aromatic nitrogens is 2. The minimum atomic E-state index is 0.439. The quantitative estimate of drug-likeness (QED) is 0.641. The molecule has 2 aromatic heterocycles. The van der Waals surface area contributed by atoms with E-state index in [2.05, 4.69) is 22.3 Å². The van der Waals surface area contributed by atoms with Crippen molar-refractivity contribution in [2.75, 3.05) is 12.5 Å². The molecule has 2 aromatic rings. The van der Waals surface area contributed by atoms with Gasteiger partial charge in [-0.15, -0.1) is 11.3 Å². The van der Waals surface area contributed by atoms with Crippen molar-refractivity contribution in [1.82, 2.24) is 9.97 Å². The SMILES string of the molecule is COCc1cc(NN)nc(-c2ccc(C)s2)n1. The lowest BCUT2D eigenvalue weighted by atomic mass is 10.3. The maximum absolute atomic E-state index is 5.39. The molecule has 90 valence electrons. The number of nitrogen functional groups attached to an aromatic ring is 1. The van der Waals surface area contributed by atoms with Gasteiger partial charge in [-0.3, -0.25) is 0 Å². The number of ether oxygens (including phenoxy) is 1. The Morgan fingerprint density at radius 1 is 1.41 bits per heavy atom. The van der Waals surface area contributed by atoms with Gasteiger partial charge in [-0.1, -0.05) is 0 Å². The molecular formula is C11H14N4OS. The van der Waals surface area contributed by atoms with E-state index in [4.69, 9.17) is 10.6 Å². The van der Waals surface area contributed by atoms with E-state index in [0.717, 1.165) is 10.6 Å². The molecule has 6 heteroatoms. The Balaban J connectivity index is 2.42. The zero-order chi connectivity index (χ0) is 12.3. The van der Waals surface area contributed by atoms with E-state index in [-0.39, 0.29) is 0 Å². The lowest BCUT2D eigenvalue weighted by molar-refractivity contribution is 0.181. The molecule has 0 atom stereocenters. The molecule has 0 saturated carbocycles. The van der Waals surface area contributed by atoms with Crippen LogP contribution >= 0.6 is 11.3 Å². The second kappa shape index (κ2) is 5.22. The highest BCUT2D eigenvalue weighted by molar-refractivity contribution is 7.15. The number of hydrogen-bond acceptors (Lipinski definition) is 6. The third-order valence-electron chi connectivity index (χ3n) is 2.18. The van der Waals surface area contributed by atoms with Crippen LogP contribution in [0.1, 0.15) is 10.6 Å². The van der Waals surface area contributed by atoms with Crippen molar-refractivity contribution >= 4 is 17.2 Å². The number of nitrogens with zero attached hydrogens (tertiary/aromatic N) is 2. The summed E-state index contributed by atoms with van der Waals surface area (Å²) in [5, 5.41) is 0. The molecule has 2 heterocycles. The third-order valence-corrected chi connectivity index (χ3v) is 3.18. The highest BCUT2D eigenvalue weighted by Gasteiger charge is 2.08. The number of nitrogens with one attached hydrogen (secondary N) is 1. The summed E-state index contributed by atoms with van der Waals surface area (Å²) < 4.78 is 5.07. The monoisotopic (exact) mass is 250 g/mol. The minimum absolute atomic E-state index is 0.439. The Labute approximate surface area is 104 Å². The number of thiophene rings is 1. The second-order valence-electron chi connectivity index (χ2n) is 3.56. The molecule has 0 amide bonds. The molecule has 2 rings (SSSR count). The lowest BCUT2D eigenvalue weighted by Gasteiger charge is -2.05. The normalized spacial score (nSPS) is 10.5. The maximum Gasteiger partial charge on any atom is 0.172 e. The second-order valence-corrected chi connectivity index (χ2v) is 4.84. The van der Waals surface area contributed by atoms with Gasteiger partial charge in [0.15, 0.2) is 5.82 Å². The van der Waals surface area contributed by atoms with E-state index < -0.39 is 0 Å². The Hall–Kier alpha value is -1.50. The Kier molecular flexibility index (Phi) is 3.68. The van der Waals surface area contributed by atoms with Crippen LogP contribution in [0.2, 0.25) is 0 Å². The third kappa shape index (κ3) is 2.79. The Morgan fingerprint density at radius 3 is 2.82 bits per heavy atom. The highest BCUT2D eigenvalue weighted by Crippen LogP contribution is 2.25. The smallest absolute Gasteiger partial charge is 0.172 e. The standard InChI is InChI=1S/C11H14N4OS/c1-7-3-4-9(17-7)11-13-8(6-16-2)5-10(14-11)15-12/h3-5H,6,12H2,1-2H3,(H,13,14,15). The van der Waals surface area contributed by atoms with Gasteiger partial charge >= 0.3 is 0 Å². The zero-order valence-corrected chi connectivity index (χ0v) is 10.5. The molecule has 0 aliphatic rings. The van der Waals surface area contributed by atoms with Crippen molar-refractivity contribution in [2.45, 2.75) is 13.5 Å². The largest absolute Gasteiger partial charge is 0.378 e. The molecule has 0 bridgehead atoms. The molecular weight excluding hydrogens is 236 g/mol. The van der Waals surface area contributed by atoms with Crippen molar-refractivity contribution in [1.29, 1.82) is 0 Å². The number of anilines is 1. The van der Waals surface area contributed by atoms with Crippen LogP contribution in [-0.4, -0.2) is 17.1 Å². The first-order chi connectivity index (χ1) is 8.22. The molecule has 5 nitrogen and oxygen atoms in total. The zero-order valence-electron chi connectivity index (χ0n) is 9.73. The molecule has 17 heavy (non-hydrogen) atoms. The molecule has 0 spiro atoms. The molecule has 0 aliphatic carbocycles. The van der Waals surface area contributed by atoms with Crippen molar-refractivity contribution < 1.29 is 4.74 Å². The first-order valence-electron chi connectivity index (χ1n) is 5.13. The molecule has 0 fully saturated rings. The van der Waals surface area contributed by atoms with E-state index in [1.165, 1.54) is 4.88 Å². The van der Waals surface area contributed by atoms with Gasteiger partial charge in [0.25, 0.3) is 0 Å². The number of nitrogens with two attached hydrogens (primary N) is 1. The first kappa shape index (κ1) is 12.0. The summed E-state index contributed by atoms with van der Waals surface area (Å²) in [5.41, 5.74) is 3.34. The molecule has 0 unspecified atom stereocenters. The van der Waals surface area contributed by atoms with Crippen LogP contribution in [0, 0.1) is 6.92 Å². The van der Waals surface area contributed by atoms with Gasteiger partial charge in [-0.25, -0.2) is 15.8 Å². The van der Waals surface area contributed by atoms with Crippen LogP contribution in [0.5, 0.6) is 0 Å². The highest BCUT2D eigenvalue weighted by atomic mass is 32.1. The fraction of sp³-hybridized carbons (Fsp3) is 0.273. The van der Waals surface area contributed by atoms with Crippen molar-refractivity contribution in [3.8, 4) is 10.7 Å². The van der Waals surface area contributed by atoms with Crippen LogP contribution in [0.4, 0.5) is 5.82 Å². The number of rotatable bonds is 4. The molecule has 0 radical (unpaired) electrons. The first-order valence-corrected chi connectivity index (χ1v) is 5.95. The predicted molar refractivity (Wildman–Crippen MR) is 68.6 cm³/mol. The number of methoxy groups -OCH3 is 1. The van der Waals surface area contributed by atoms with Gasteiger partial charge in [0.1, 0.15) is 5.82 Å². The van der Waals surface area contributed by atoms with Crippen LogP contribution < -0.4 is 11.3 Å². The van der Waals surface area contributed by atoms with Crippen LogP contribution in [0.15, 0.2) is 18.2 Å². The topological polar surface area (TPSA) is 73.1 Å². The average Bonchev–Trinajstić information content (AvgIpc) is 2.76. The molecule has 0 saturated heterocycles. The van der Waals surface area contributed by atoms with Gasteiger partial charge in [-0.05, 0) is 19.1 Å². The fourth-order valence-electron chi connectivity index (χ4n) is 1.46. The van der Waals surface area contributed by atoms with Crippen molar-refractivity contribution in [2.24, 2.45) is 5.84 Å². The van der Waals surface area contributed by atoms with Crippen molar-refractivity contribution in [3.63, 3.8) is 0 Å². The van der Waals surface area contributed by atoms with E-state index in [9.17, 15) is 0 Å². The van der Waals surface area contributed by atoms with Crippen LogP contribution in [-0.2, 0) is 11.3 Å². The van der Waals surface area contributed by atoms with Gasteiger partial charge in [0.2, 0.25) is 0 Å². The average molecular weight is 250 g/mol. The van der Waals surface area contributed by atoms with E-state index in [0.29, 0.717) is 18.2 Å². The lowest BCUT2D eigenvalue weighted by Crippen LogP contribution is -2.10. The summed E-state index contributed by atoms with van der Waals surface area (Å²) in [6, 6.07) is 5.82. The maximum atomic E-state index is 5.39. The fourth-order valence-corrected chi connectivity index (χ4v) is 2.26. The number of aryl methyl sites for hydroxylation is 1. The summed E-state index contributed by atoms with van der Waals surface area (Å²) in [5.74, 6) is 6.65. The molecule has 3 N–H and O–H groups in total. The summed E-state index contributed by atoms with van der Waals surface area (Å²) in [7, 11) is 1.63. The summed E-state index contributed by atoms with van der Waals surface area (Å²) in [6.07, 6.45) is 0. The van der Waals surface area contributed by atoms with Crippen LogP contribution in [0.25, 0.3) is 10.7 Å². The molecule has 0 aliphatic heterocycles. The van der Waals surface area contributed by atoms with Gasteiger partial charge in [-0.2, -0.15) is 0 Å². The van der Waals surface area contributed by atoms with Gasteiger partial charge in [0.05, 0.1) is 17.2 Å². The van der Waals surface area contributed by atoms with Gasteiger partial charge < -0.3 is 10.2 Å². The predicted octanol–water partition coefficient (Wildman–Crippen LogP) is 1.95. The Morgan fingerprint density at radius 2 is 2.24 bits per heavy atom. The van der Waals surface area contributed by atoms with Crippen LogP contribution in [0.3, 0.4) is 0 Å². The van der Waals surface area contributed by atoms with Crippen molar-refractivity contribution in [3.05, 3.63) is 28.8 Å². The van der Waals surface area contributed by atoms with E-state index in [1.807, 2.05) is 12.1 Å². The molecule has 0 aromatic carbocycles. The minimum Gasteiger partial charge on any atom is -0.378 e. The Bertz CT molecular complexity index is 512. The summed E-state index contributed by atoms with van der Waals surface area (Å²) >= 11 is 1.65. The summed E-state index contributed by atoms with van der Waals surface area (Å²) in [6.45, 7) is 2.49.